The molecule has 1 aliphatic heterocycles. The third-order valence-electron chi connectivity index (χ3n) is 4.96. The van der Waals surface area contributed by atoms with Crippen molar-refractivity contribution in [3.8, 4) is 5.75 Å². The number of hydrogen-bond donors (Lipinski definition) is 0. The van der Waals surface area contributed by atoms with E-state index in [2.05, 4.69) is 34.1 Å². The van der Waals surface area contributed by atoms with Gasteiger partial charge in [-0.15, -0.1) is 0 Å². The maximum atomic E-state index is 14.1. The van der Waals surface area contributed by atoms with Crippen molar-refractivity contribution in [1.82, 2.24) is 9.88 Å². The first kappa shape index (κ1) is 17.0. The summed E-state index contributed by atoms with van der Waals surface area (Å²) < 4.78 is 20.3. The number of ether oxygens (including phenoxy) is 1. The molecule has 3 aromatic rings. The number of rotatable bonds is 4. The summed E-state index contributed by atoms with van der Waals surface area (Å²) in [4.78, 5) is 6.79. The number of pyridine rings is 1. The van der Waals surface area contributed by atoms with E-state index in [9.17, 15) is 4.39 Å². The second-order valence-corrected chi connectivity index (χ2v) is 6.98. The van der Waals surface area contributed by atoms with Gasteiger partial charge >= 0.3 is 0 Å². The average Bonchev–Trinajstić information content (AvgIpc) is 2.65. The molecule has 4 heteroatoms. The van der Waals surface area contributed by atoms with Crippen LogP contribution in [0.25, 0.3) is 10.9 Å². The lowest BCUT2D eigenvalue weighted by Crippen LogP contribution is -2.37. The van der Waals surface area contributed by atoms with Gasteiger partial charge in [0.05, 0.1) is 0 Å². The van der Waals surface area contributed by atoms with E-state index < -0.39 is 0 Å². The van der Waals surface area contributed by atoms with Gasteiger partial charge in [-0.3, -0.25) is 4.90 Å². The summed E-state index contributed by atoms with van der Waals surface area (Å²) in [5, 5.41) is 0.752. The van der Waals surface area contributed by atoms with E-state index in [1.165, 1.54) is 11.6 Å². The Morgan fingerprint density at radius 1 is 1.08 bits per heavy atom. The first-order valence-corrected chi connectivity index (χ1v) is 9.18. The van der Waals surface area contributed by atoms with Gasteiger partial charge in [0.2, 0.25) is 0 Å². The van der Waals surface area contributed by atoms with Crippen LogP contribution in [0.1, 0.15) is 24.1 Å². The van der Waals surface area contributed by atoms with Crippen LogP contribution in [0.15, 0.2) is 54.6 Å². The lowest BCUT2D eigenvalue weighted by atomic mass is 10.1. The van der Waals surface area contributed by atoms with E-state index in [4.69, 9.17) is 4.74 Å². The summed E-state index contributed by atoms with van der Waals surface area (Å²) in [6, 6.07) is 17.5. The van der Waals surface area contributed by atoms with Gasteiger partial charge in [-0.1, -0.05) is 36.4 Å². The number of aryl methyl sites for hydroxylation is 1. The molecule has 26 heavy (non-hydrogen) atoms. The molecule has 134 valence electrons. The largest absolute Gasteiger partial charge is 0.490 e. The maximum absolute atomic E-state index is 14.1. The van der Waals surface area contributed by atoms with Gasteiger partial charge < -0.3 is 4.74 Å². The number of para-hydroxylation sites is 1. The van der Waals surface area contributed by atoms with Crippen molar-refractivity contribution in [2.45, 2.75) is 32.4 Å². The predicted molar refractivity (Wildman–Crippen MR) is 102 cm³/mol. The SMILES string of the molecule is Cc1cc(OC2CCN(Cc3ccccc3)CC2)c2cccc(F)c2n1. The van der Waals surface area contributed by atoms with Crippen molar-refractivity contribution >= 4 is 10.9 Å². The van der Waals surface area contributed by atoms with Crippen LogP contribution in [-0.4, -0.2) is 29.1 Å². The lowest BCUT2D eigenvalue weighted by Gasteiger charge is -2.32. The van der Waals surface area contributed by atoms with Crippen molar-refractivity contribution in [3.05, 3.63) is 71.7 Å². The highest BCUT2D eigenvalue weighted by atomic mass is 19.1. The summed E-state index contributed by atoms with van der Waals surface area (Å²) in [6.45, 7) is 4.88. The Labute approximate surface area is 153 Å². The van der Waals surface area contributed by atoms with E-state index in [1.54, 1.807) is 6.07 Å². The fourth-order valence-corrected chi connectivity index (χ4v) is 3.61. The van der Waals surface area contributed by atoms with Gasteiger partial charge in [0.25, 0.3) is 0 Å². The molecule has 1 aromatic heterocycles. The molecule has 0 radical (unpaired) electrons. The molecule has 0 aliphatic carbocycles. The minimum Gasteiger partial charge on any atom is -0.490 e. The van der Waals surface area contributed by atoms with Crippen molar-refractivity contribution in [1.29, 1.82) is 0 Å². The van der Waals surface area contributed by atoms with Gasteiger partial charge in [-0.2, -0.15) is 0 Å². The second kappa shape index (κ2) is 7.42. The van der Waals surface area contributed by atoms with E-state index in [-0.39, 0.29) is 11.9 Å². The predicted octanol–water partition coefficient (Wildman–Crippen LogP) is 4.73. The molecule has 1 aliphatic rings. The number of benzene rings is 2. The van der Waals surface area contributed by atoms with Gasteiger partial charge in [0.15, 0.2) is 0 Å². The highest BCUT2D eigenvalue weighted by Crippen LogP contribution is 2.29. The molecule has 0 saturated carbocycles. The van der Waals surface area contributed by atoms with Crippen LogP contribution in [-0.2, 0) is 6.54 Å². The molecule has 0 amide bonds. The number of nitrogens with zero attached hydrogens (tertiary/aromatic N) is 2. The topological polar surface area (TPSA) is 25.4 Å². The third-order valence-corrected chi connectivity index (χ3v) is 4.96. The van der Waals surface area contributed by atoms with E-state index in [0.29, 0.717) is 5.52 Å². The molecule has 2 aromatic carbocycles. The van der Waals surface area contributed by atoms with Crippen LogP contribution < -0.4 is 4.74 Å². The molecule has 0 N–H and O–H groups in total. The Hall–Kier alpha value is -2.46. The zero-order valence-corrected chi connectivity index (χ0v) is 15.0. The van der Waals surface area contributed by atoms with Crippen molar-refractivity contribution in [3.63, 3.8) is 0 Å². The average molecular weight is 350 g/mol. The molecule has 1 fully saturated rings. The first-order valence-electron chi connectivity index (χ1n) is 9.18. The maximum Gasteiger partial charge on any atom is 0.149 e. The molecule has 0 atom stereocenters. The highest BCUT2D eigenvalue weighted by Gasteiger charge is 2.21. The molecule has 4 rings (SSSR count). The van der Waals surface area contributed by atoms with Crippen LogP contribution in [0.3, 0.4) is 0 Å². The smallest absolute Gasteiger partial charge is 0.149 e. The summed E-state index contributed by atoms with van der Waals surface area (Å²) in [5.74, 6) is 0.447. The summed E-state index contributed by atoms with van der Waals surface area (Å²) >= 11 is 0. The molecule has 3 nitrogen and oxygen atoms in total. The van der Waals surface area contributed by atoms with Crippen LogP contribution in [0.2, 0.25) is 0 Å². The molecule has 0 bridgehead atoms. The Balaban J connectivity index is 1.43. The van der Waals surface area contributed by atoms with Gasteiger partial charge in [-0.05, 0) is 37.5 Å². The lowest BCUT2D eigenvalue weighted by molar-refractivity contribution is 0.0979. The Morgan fingerprint density at radius 3 is 2.62 bits per heavy atom. The summed E-state index contributed by atoms with van der Waals surface area (Å²) in [7, 11) is 0. The van der Waals surface area contributed by atoms with Crippen LogP contribution in [0.4, 0.5) is 4.39 Å². The van der Waals surface area contributed by atoms with Crippen LogP contribution >= 0.6 is 0 Å². The number of likely N-dealkylation sites (tertiary alicyclic amines) is 1. The fourth-order valence-electron chi connectivity index (χ4n) is 3.61. The summed E-state index contributed by atoms with van der Waals surface area (Å²) in [6.07, 6.45) is 2.12. The zero-order chi connectivity index (χ0) is 17.9. The molecule has 0 unspecified atom stereocenters. The molecule has 0 spiro atoms. The van der Waals surface area contributed by atoms with Gasteiger partial charge in [0, 0.05) is 36.8 Å². The summed E-state index contributed by atoms with van der Waals surface area (Å²) in [5.41, 5.74) is 2.52. The van der Waals surface area contributed by atoms with Crippen LogP contribution in [0.5, 0.6) is 5.75 Å². The number of halogens is 1. The quantitative estimate of drug-likeness (QED) is 0.680. The van der Waals surface area contributed by atoms with E-state index >= 15 is 0 Å². The molecular weight excluding hydrogens is 327 g/mol. The third kappa shape index (κ3) is 3.70. The monoisotopic (exact) mass is 350 g/mol. The van der Waals surface area contributed by atoms with Gasteiger partial charge in [-0.25, -0.2) is 9.37 Å². The normalized spacial score (nSPS) is 16.1. The fraction of sp³-hybridized carbons (Fsp3) is 0.318. The number of hydrogen-bond acceptors (Lipinski definition) is 3. The Morgan fingerprint density at radius 2 is 1.85 bits per heavy atom. The standard InChI is InChI=1S/C22H23FN2O/c1-16-14-21(19-8-5-9-20(23)22(19)24-16)26-18-10-12-25(13-11-18)15-17-6-3-2-4-7-17/h2-9,14,18H,10-13,15H2,1H3. The zero-order valence-electron chi connectivity index (χ0n) is 15.0. The van der Waals surface area contributed by atoms with Crippen molar-refractivity contribution in [2.24, 2.45) is 0 Å². The first-order chi connectivity index (χ1) is 12.7. The molecule has 2 heterocycles. The molecule has 1 saturated heterocycles. The number of fused-ring (bicyclic) bond motifs is 1. The van der Waals surface area contributed by atoms with E-state index in [1.807, 2.05) is 25.1 Å². The number of piperidine rings is 1. The van der Waals surface area contributed by atoms with Crippen LogP contribution in [0, 0.1) is 12.7 Å². The minimum atomic E-state index is -0.297. The van der Waals surface area contributed by atoms with Gasteiger partial charge in [0.1, 0.15) is 23.2 Å². The second-order valence-electron chi connectivity index (χ2n) is 6.98. The minimum absolute atomic E-state index is 0.162. The van der Waals surface area contributed by atoms with E-state index in [0.717, 1.165) is 49.3 Å². The highest BCUT2D eigenvalue weighted by molar-refractivity contribution is 5.85. The number of aromatic nitrogens is 1. The molecular formula is C22H23FN2O. The van der Waals surface area contributed by atoms with Crippen molar-refractivity contribution < 1.29 is 9.13 Å². The van der Waals surface area contributed by atoms with Crippen molar-refractivity contribution in [2.75, 3.05) is 13.1 Å². The Bertz CT molecular complexity index is 889. The Kier molecular flexibility index (Phi) is 4.85.